The third-order valence-electron chi connectivity index (χ3n) is 3.81. The molecule has 7 nitrogen and oxygen atoms in total. The molecule has 1 fully saturated rings. The Morgan fingerprint density at radius 3 is 2.60 bits per heavy atom. The molecule has 2 heterocycles. The summed E-state index contributed by atoms with van der Waals surface area (Å²) in [6.07, 6.45) is 0. The Bertz CT molecular complexity index is 816. The van der Waals surface area contributed by atoms with Crippen LogP contribution in [0.25, 0.3) is 0 Å². The van der Waals surface area contributed by atoms with Crippen LogP contribution in [0.15, 0.2) is 24.3 Å². The molecule has 2 amide bonds. The van der Waals surface area contributed by atoms with Crippen LogP contribution in [0, 0.1) is 0 Å². The van der Waals surface area contributed by atoms with Crippen LogP contribution < -0.4 is 5.32 Å². The summed E-state index contributed by atoms with van der Waals surface area (Å²) in [5, 5.41) is 7.65. The molecule has 9 heteroatoms. The molecular weight excluding hydrogens is 367 g/mol. The van der Waals surface area contributed by atoms with Crippen molar-refractivity contribution in [3.63, 3.8) is 0 Å². The van der Waals surface area contributed by atoms with Gasteiger partial charge in [0.1, 0.15) is 5.69 Å². The van der Waals surface area contributed by atoms with Crippen molar-refractivity contribution in [2.75, 3.05) is 31.6 Å². The fourth-order valence-electron chi connectivity index (χ4n) is 2.49. The van der Waals surface area contributed by atoms with Crippen molar-refractivity contribution in [3.05, 3.63) is 45.7 Å². The minimum atomic E-state index is -0.416. The van der Waals surface area contributed by atoms with E-state index in [1.807, 2.05) is 0 Å². The largest absolute Gasteiger partial charge is 0.378 e. The van der Waals surface area contributed by atoms with Crippen molar-refractivity contribution in [3.8, 4) is 0 Å². The number of carbonyl (C=O) groups is 2. The van der Waals surface area contributed by atoms with E-state index in [-0.39, 0.29) is 17.3 Å². The Hall–Kier alpha value is -2.09. The normalized spacial score (nSPS) is 14.4. The summed E-state index contributed by atoms with van der Waals surface area (Å²) in [7, 11) is 1.61. The molecule has 0 aliphatic carbocycles. The van der Waals surface area contributed by atoms with Crippen molar-refractivity contribution in [2.24, 2.45) is 7.05 Å². The van der Waals surface area contributed by atoms with Gasteiger partial charge in [-0.1, -0.05) is 23.2 Å². The molecule has 1 N–H and O–H groups in total. The van der Waals surface area contributed by atoms with E-state index in [0.29, 0.717) is 42.0 Å². The lowest BCUT2D eigenvalue weighted by Gasteiger charge is -2.25. The summed E-state index contributed by atoms with van der Waals surface area (Å²) in [6, 6.07) is 6.24. The number of nitrogens with one attached hydrogen (secondary N) is 1. The number of halogens is 2. The summed E-state index contributed by atoms with van der Waals surface area (Å²) in [6.45, 7) is 2.02. The van der Waals surface area contributed by atoms with Crippen LogP contribution in [-0.4, -0.2) is 52.8 Å². The number of hydrogen-bond acceptors (Lipinski definition) is 4. The first kappa shape index (κ1) is 17.7. The lowest BCUT2D eigenvalue weighted by Crippen LogP contribution is -2.40. The third kappa shape index (κ3) is 3.95. The van der Waals surface area contributed by atoms with E-state index >= 15 is 0 Å². The van der Waals surface area contributed by atoms with Gasteiger partial charge in [-0.25, -0.2) is 0 Å². The number of carbonyl (C=O) groups excluding carboxylic acids is 2. The van der Waals surface area contributed by atoms with Gasteiger partial charge in [-0.15, -0.1) is 0 Å². The van der Waals surface area contributed by atoms with Crippen LogP contribution in [0.1, 0.15) is 21.0 Å². The number of benzene rings is 1. The van der Waals surface area contributed by atoms with Gasteiger partial charge >= 0.3 is 0 Å². The Kier molecular flexibility index (Phi) is 5.27. The first-order chi connectivity index (χ1) is 12.0. The maximum atomic E-state index is 12.5. The number of ether oxygens (including phenoxy) is 1. The number of amides is 2. The van der Waals surface area contributed by atoms with Crippen LogP contribution in [-0.2, 0) is 11.8 Å². The molecule has 0 spiro atoms. The van der Waals surface area contributed by atoms with E-state index in [1.165, 1.54) is 16.8 Å². The van der Waals surface area contributed by atoms with Crippen molar-refractivity contribution in [1.82, 2.24) is 14.7 Å². The zero-order chi connectivity index (χ0) is 18.0. The van der Waals surface area contributed by atoms with E-state index in [0.717, 1.165) is 0 Å². The highest BCUT2D eigenvalue weighted by Gasteiger charge is 2.23. The second kappa shape index (κ2) is 7.43. The summed E-state index contributed by atoms with van der Waals surface area (Å²) >= 11 is 11.9. The van der Waals surface area contributed by atoms with E-state index in [1.54, 1.807) is 24.1 Å². The number of morpholine rings is 1. The van der Waals surface area contributed by atoms with Crippen LogP contribution in [0.2, 0.25) is 10.0 Å². The topological polar surface area (TPSA) is 76.5 Å². The summed E-state index contributed by atoms with van der Waals surface area (Å²) < 4.78 is 6.60. The number of aryl methyl sites for hydroxylation is 1. The van der Waals surface area contributed by atoms with Gasteiger partial charge in [0, 0.05) is 31.2 Å². The first-order valence-electron chi connectivity index (χ1n) is 7.63. The van der Waals surface area contributed by atoms with Gasteiger partial charge in [-0.05, 0) is 18.2 Å². The van der Waals surface area contributed by atoms with Gasteiger partial charge < -0.3 is 15.0 Å². The van der Waals surface area contributed by atoms with Crippen molar-refractivity contribution in [1.29, 1.82) is 0 Å². The Balaban J connectivity index is 1.77. The van der Waals surface area contributed by atoms with E-state index < -0.39 is 5.91 Å². The number of anilines is 1. The average molecular weight is 383 g/mol. The van der Waals surface area contributed by atoms with Crippen LogP contribution in [0.5, 0.6) is 0 Å². The Morgan fingerprint density at radius 1 is 1.20 bits per heavy atom. The van der Waals surface area contributed by atoms with Crippen LogP contribution in [0.3, 0.4) is 0 Å². The molecule has 0 radical (unpaired) electrons. The SMILES string of the molecule is Cn1nc(C(=O)N2CCOCC2)cc1C(=O)Nc1ccc(Cl)cc1Cl. The molecule has 1 aromatic carbocycles. The first-order valence-corrected chi connectivity index (χ1v) is 8.39. The van der Waals surface area contributed by atoms with Crippen LogP contribution in [0.4, 0.5) is 5.69 Å². The minimum absolute atomic E-state index is 0.219. The molecule has 2 aromatic rings. The van der Waals surface area contributed by atoms with E-state index in [2.05, 4.69) is 10.4 Å². The molecule has 1 saturated heterocycles. The molecule has 0 bridgehead atoms. The Morgan fingerprint density at radius 2 is 1.92 bits per heavy atom. The van der Waals surface area contributed by atoms with Gasteiger partial charge in [0.15, 0.2) is 5.69 Å². The predicted octanol–water partition coefficient (Wildman–Crippen LogP) is 2.45. The fourth-order valence-corrected chi connectivity index (χ4v) is 2.95. The summed E-state index contributed by atoms with van der Waals surface area (Å²) in [4.78, 5) is 26.6. The zero-order valence-corrected chi connectivity index (χ0v) is 15.0. The van der Waals surface area contributed by atoms with E-state index in [4.69, 9.17) is 27.9 Å². The molecule has 0 atom stereocenters. The maximum Gasteiger partial charge on any atom is 0.274 e. The molecule has 1 aliphatic rings. The summed E-state index contributed by atoms with van der Waals surface area (Å²) in [5.74, 6) is -0.636. The standard InChI is InChI=1S/C16H16Cl2N4O3/c1-21-14(15(23)19-12-3-2-10(17)8-11(12)18)9-13(20-21)16(24)22-4-6-25-7-5-22/h2-3,8-9H,4-7H2,1H3,(H,19,23). The van der Waals surface area contributed by atoms with Crippen LogP contribution >= 0.6 is 23.2 Å². The van der Waals surface area contributed by atoms with Crippen molar-refractivity contribution in [2.45, 2.75) is 0 Å². The van der Waals surface area contributed by atoms with E-state index in [9.17, 15) is 9.59 Å². The highest BCUT2D eigenvalue weighted by Crippen LogP contribution is 2.25. The molecule has 25 heavy (non-hydrogen) atoms. The lowest BCUT2D eigenvalue weighted by molar-refractivity contribution is 0.0298. The zero-order valence-electron chi connectivity index (χ0n) is 13.5. The van der Waals surface area contributed by atoms with Gasteiger partial charge in [0.05, 0.1) is 23.9 Å². The predicted molar refractivity (Wildman–Crippen MR) is 94.3 cm³/mol. The number of rotatable bonds is 3. The minimum Gasteiger partial charge on any atom is -0.378 e. The number of nitrogens with zero attached hydrogens (tertiary/aromatic N) is 3. The summed E-state index contributed by atoms with van der Waals surface area (Å²) in [5.41, 5.74) is 0.901. The number of hydrogen-bond donors (Lipinski definition) is 1. The molecule has 3 rings (SSSR count). The van der Waals surface area contributed by atoms with Crippen molar-refractivity contribution < 1.29 is 14.3 Å². The highest BCUT2D eigenvalue weighted by atomic mass is 35.5. The molecule has 1 aromatic heterocycles. The quantitative estimate of drug-likeness (QED) is 0.884. The second-order valence-electron chi connectivity index (χ2n) is 5.52. The van der Waals surface area contributed by atoms with Gasteiger partial charge in [0.25, 0.3) is 11.8 Å². The monoisotopic (exact) mass is 382 g/mol. The molecule has 132 valence electrons. The molecule has 1 aliphatic heterocycles. The average Bonchev–Trinajstić information content (AvgIpc) is 2.99. The smallest absolute Gasteiger partial charge is 0.274 e. The third-order valence-corrected chi connectivity index (χ3v) is 4.36. The van der Waals surface area contributed by atoms with Crippen molar-refractivity contribution >= 4 is 40.7 Å². The van der Waals surface area contributed by atoms with Gasteiger partial charge in [-0.3, -0.25) is 14.3 Å². The fraction of sp³-hybridized carbons (Fsp3) is 0.312. The maximum absolute atomic E-state index is 12.5. The highest BCUT2D eigenvalue weighted by molar-refractivity contribution is 6.36. The second-order valence-corrected chi connectivity index (χ2v) is 6.36. The lowest BCUT2D eigenvalue weighted by atomic mass is 10.2. The number of aromatic nitrogens is 2. The molecule has 0 unspecified atom stereocenters. The van der Waals surface area contributed by atoms with Gasteiger partial charge in [0.2, 0.25) is 0 Å². The Labute approximate surface area is 154 Å². The van der Waals surface area contributed by atoms with Gasteiger partial charge in [-0.2, -0.15) is 5.10 Å². The molecule has 0 saturated carbocycles. The molecular formula is C16H16Cl2N4O3.